The Hall–Kier alpha value is -1.57. The molecule has 1 aromatic rings. The molecular formula is C18H26O2. The molecule has 0 bridgehead atoms. The third kappa shape index (κ3) is 5.20. The molecule has 0 aliphatic rings. The van der Waals surface area contributed by atoms with Crippen LogP contribution >= 0.6 is 0 Å². The monoisotopic (exact) mass is 274 g/mol. The lowest BCUT2D eigenvalue weighted by Crippen LogP contribution is -2.13. The highest BCUT2D eigenvalue weighted by atomic mass is 16.4. The summed E-state index contributed by atoms with van der Waals surface area (Å²) >= 11 is 0. The smallest absolute Gasteiger partial charge is 0.310 e. The minimum Gasteiger partial charge on any atom is -0.481 e. The average molecular weight is 274 g/mol. The van der Waals surface area contributed by atoms with Crippen molar-refractivity contribution in [2.24, 2.45) is 5.92 Å². The zero-order valence-electron chi connectivity index (χ0n) is 12.8. The molecular weight excluding hydrogens is 248 g/mol. The molecule has 0 radical (unpaired) electrons. The standard InChI is InChI=1S/C18H26O2/c1-4-5-7-12-17(15(3)18(19)20)13-14(2)16-10-8-6-9-11-16/h6,8-11,13-15H,4-5,7,12H2,1-3H3,(H,19,20). The number of allylic oxidation sites excluding steroid dienone is 1. The van der Waals surface area contributed by atoms with Gasteiger partial charge in [0.05, 0.1) is 5.92 Å². The fourth-order valence-electron chi connectivity index (χ4n) is 2.36. The molecule has 2 atom stereocenters. The Morgan fingerprint density at radius 2 is 1.85 bits per heavy atom. The van der Waals surface area contributed by atoms with Crippen LogP contribution in [0.3, 0.4) is 0 Å². The second kappa shape index (κ2) is 8.57. The number of carboxylic acids is 1. The molecule has 2 heteroatoms. The van der Waals surface area contributed by atoms with E-state index in [0.29, 0.717) is 0 Å². The molecule has 0 saturated heterocycles. The van der Waals surface area contributed by atoms with Gasteiger partial charge in [-0.1, -0.05) is 68.7 Å². The van der Waals surface area contributed by atoms with Crippen LogP contribution in [0.5, 0.6) is 0 Å². The van der Waals surface area contributed by atoms with E-state index in [9.17, 15) is 9.90 Å². The fourth-order valence-corrected chi connectivity index (χ4v) is 2.36. The summed E-state index contributed by atoms with van der Waals surface area (Å²) < 4.78 is 0. The predicted octanol–water partition coefficient (Wildman–Crippen LogP) is 5.02. The zero-order valence-corrected chi connectivity index (χ0v) is 12.8. The van der Waals surface area contributed by atoms with E-state index in [1.165, 1.54) is 5.56 Å². The van der Waals surface area contributed by atoms with Crippen molar-refractivity contribution in [1.82, 2.24) is 0 Å². The van der Waals surface area contributed by atoms with Gasteiger partial charge in [-0.05, 0) is 31.2 Å². The number of benzene rings is 1. The van der Waals surface area contributed by atoms with Gasteiger partial charge in [0.15, 0.2) is 0 Å². The van der Waals surface area contributed by atoms with Crippen LogP contribution in [0.15, 0.2) is 42.0 Å². The van der Waals surface area contributed by atoms with Crippen molar-refractivity contribution >= 4 is 5.97 Å². The van der Waals surface area contributed by atoms with Crippen LogP contribution in [0.25, 0.3) is 0 Å². The molecule has 0 fully saturated rings. The van der Waals surface area contributed by atoms with Crippen molar-refractivity contribution in [2.75, 3.05) is 0 Å². The molecule has 0 heterocycles. The van der Waals surface area contributed by atoms with Crippen molar-refractivity contribution in [2.45, 2.75) is 52.4 Å². The Labute approximate surface area is 122 Å². The second-order valence-electron chi connectivity index (χ2n) is 5.46. The van der Waals surface area contributed by atoms with Crippen molar-refractivity contribution in [3.8, 4) is 0 Å². The summed E-state index contributed by atoms with van der Waals surface area (Å²) in [5.74, 6) is -0.861. The van der Waals surface area contributed by atoms with E-state index in [2.05, 4.69) is 32.1 Å². The van der Waals surface area contributed by atoms with Gasteiger partial charge in [0.1, 0.15) is 0 Å². The summed E-state index contributed by atoms with van der Waals surface area (Å²) in [7, 11) is 0. The largest absolute Gasteiger partial charge is 0.481 e. The molecule has 0 saturated carbocycles. The quantitative estimate of drug-likeness (QED) is 0.534. The number of hydrogen-bond acceptors (Lipinski definition) is 1. The normalized spacial score (nSPS) is 14.8. The molecule has 1 aromatic carbocycles. The Morgan fingerprint density at radius 1 is 1.20 bits per heavy atom. The number of carboxylic acid groups (broad SMARTS) is 1. The first-order valence-corrected chi connectivity index (χ1v) is 7.54. The maximum absolute atomic E-state index is 11.3. The second-order valence-corrected chi connectivity index (χ2v) is 5.46. The molecule has 0 aliphatic carbocycles. The highest BCUT2D eigenvalue weighted by Crippen LogP contribution is 2.25. The van der Waals surface area contributed by atoms with E-state index in [0.717, 1.165) is 31.3 Å². The van der Waals surface area contributed by atoms with E-state index >= 15 is 0 Å². The highest BCUT2D eigenvalue weighted by molar-refractivity contribution is 5.73. The van der Waals surface area contributed by atoms with Crippen LogP contribution in [0.4, 0.5) is 0 Å². The molecule has 1 rings (SSSR count). The van der Waals surface area contributed by atoms with Gasteiger partial charge in [0.2, 0.25) is 0 Å². The average Bonchev–Trinajstić information content (AvgIpc) is 2.46. The third-order valence-corrected chi connectivity index (χ3v) is 3.79. The molecule has 20 heavy (non-hydrogen) atoms. The van der Waals surface area contributed by atoms with E-state index < -0.39 is 11.9 Å². The molecule has 0 amide bonds. The number of rotatable bonds is 8. The summed E-state index contributed by atoms with van der Waals surface area (Å²) in [6.07, 6.45) is 6.41. The van der Waals surface area contributed by atoms with E-state index in [4.69, 9.17) is 0 Å². The van der Waals surface area contributed by atoms with Gasteiger partial charge in [-0.2, -0.15) is 0 Å². The molecule has 110 valence electrons. The summed E-state index contributed by atoms with van der Waals surface area (Å²) in [6, 6.07) is 10.2. The first kappa shape index (κ1) is 16.5. The van der Waals surface area contributed by atoms with Crippen LogP contribution < -0.4 is 0 Å². The SMILES string of the molecule is CCCCCC(=CC(C)c1ccccc1)C(C)C(=O)O. The summed E-state index contributed by atoms with van der Waals surface area (Å²) in [6.45, 7) is 6.08. The van der Waals surface area contributed by atoms with Crippen molar-refractivity contribution in [1.29, 1.82) is 0 Å². The minimum absolute atomic E-state index is 0.259. The first-order valence-electron chi connectivity index (χ1n) is 7.54. The lowest BCUT2D eigenvalue weighted by Gasteiger charge is -2.15. The maximum Gasteiger partial charge on any atom is 0.310 e. The van der Waals surface area contributed by atoms with Gasteiger partial charge >= 0.3 is 5.97 Å². The van der Waals surface area contributed by atoms with Gasteiger partial charge < -0.3 is 5.11 Å². The van der Waals surface area contributed by atoms with Crippen LogP contribution in [0.1, 0.15) is 57.9 Å². The topological polar surface area (TPSA) is 37.3 Å². The zero-order chi connectivity index (χ0) is 15.0. The Kier molecular flexibility index (Phi) is 7.06. The van der Waals surface area contributed by atoms with E-state index in [-0.39, 0.29) is 5.92 Å². The van der Waals surface area contributed by atoms with Gasteiger partial charge in [-0.15, -0.1) is 0 Å². The molecule has 2 nitrogen and oxygen atoms in total. The molecule has 0 spiro atoms. The molecule has 0 aromatic heterocycles. The Balaban J connectivity index is 2.85. The first-order chi connectivity index (χ1) is 9.56. The summed E-state index contributed by atoms with van der Waals surface area (Å²) in [4.78, 5) is 11.3. The van der Waals surface area contributed by atoms with Crippen LogP contribution in [0.2, 0.25) is 0 Å². The lowest BCUT2D eigenvalue weighted by atomic mass is 9.90. The number of hydrogen-bond donors (Lipinski definition) is 1. The number of unbranched alkanes of at least 4 members (excludes halogenated alkanes) is 2. The van der Waals surface area contributed by atoms with E-state index in [1.807, 2.05) is 18.2 Å². The van der Waals surface area contributed by atoms with Crippen LogP contribution in [-0.4, -0.2) is 11.1 Å². The Morgan fingerprint density at radius 3 is 2.40 bits per heavy atom. The molecule has 0 aliphatic heterocycles. The summed E-state index contributed by atoms with van der Waals surface area (Å²) in [5.41, 5.74) is 2.29. The number of carbonyl (C=O) groups is 1. The van der Waals surface area contributed by atoms with Crippen molar-refractivity contribution < 1.29 is 9.90 Å². The van der Waals surface area contributed by atoms with Crippen molar-refractivity contribution in [3.63, 3.8) is 0 Å². The predicted molar refractivity (Wildman–Crippen MR) is 83.9 cm³/mol. The number of aliphatic carboxylic acids is 1. The summed E-state index contributed by atoms with van der Waals surface area (Å²) in [5, 5.41) is 9.25. The lowest BCUT2D eigenvalue weighted by molar-refractivity contribution is -0.139. The van der Waals surface area contributed by atoms with Gasteiger partial charge in [0, 0.05) is 0 Å². The van der Waals surface area contributed by atoms with Crippen LogP contribution in [0, 0.1) is 5.92 Å². The van der Waals surface area contributed by atoms with Gasteiger partial charge in [-0.25, -0.2) is 0 Å². The Bertz CT molecular complexity index is 434. The fraction of sp³-hybridized carbons (Fsp3) is 0.500. The van der Waals surface area contributed by atoms with Gasteiger partial charge in [-0.3, -0.25) is 4.79 Å². The maximum atomic E-state index is 11.3. The highest BCUT2D eigenvalue weighted by Gasteiger charge is 2.17. The van der Waals surface area contributed by atoms with Gasteiger partial charge in [0.25, 0.3) is 0 Å². The van der Waals surface area contributed by atoms with Crippen LogP contribution in [-0.2, 0) is 4.79 Å². The minimum atomic E-state index is -0.729. The van der Waals surface area contributed by atoms with Crippen molar-refractivity contribution in [3.05, 3.63) is 47.5 Å². The molecule has 1 N–H and O–H groups in total. The third-order valence-electron chi connectivity index (χ3n) is 3.79. The van der Waals surface area contributed by atoms with E-state index in [1.54, 1.807) is 6.92 Å². The molecule has 2 unspecified atom stereocenters.